The Kier molecular flexibility index (Phi) is 13.2. The lowest BCUT2D eigenvalue weighted by Crippen LogP contribution is -2.55. The van der Waals surface area contributed by atoms with Crippen LogP contribution in [0.5, 0.6) is 0 Å². The summed E-state index contributed by atoms with van der Waals surface area (Å²) in [5.74, 6) is 1.48. The fourth-order valence-electron chi connectivity index (χ4n) is 11.3. The largest absolute Gasteiger partial charge is 0.453 e. The minimum Gasteiger partial charge on any atom is -0.453 e. The van der Waals surface area contributed by atoms with Crippen molar-refractivity contribution in [3.63, 3.8) is 0 Å². The molecule has 5 aliphatic rings. The standard InChI is InChI=1S/C53H64N8O8/c1-31(60(30-53(2)19-20-53)49(62)44(58-51(64)66-3)34-15-21-68-22-16-34)47-54-29-43(56-47)39-12-11-37-25-36(9-10-38(37)26-39)32-5-7-33(8-6-32)42-28-55-48(57-42)46-40-13-14-41(27-40)61(46)50(63)45(59-52(65)67-4)35-17-23-69-24-18-35/h5-12,25-26,28-29,31,34-35,40-41,44-46H,13-24,27,30H2,1-4H3,(H,54,56)(H,55,57)(H,58,64)(H,59,65)/t31-,40-,41+,44-,45-,46-/m0/s1. The third kappa shape index (κ3) is 9.70. The van der Waals surface area contributed by atoms with Crippen LogP contribution in [0.15, 0.2) is 73.1 Å². The van der Waals surface area contributed by atoms with Crippen LogP contribution in [-0.4, -0.2) is 119 Å². The Hall–Kier alpha value is -6.26. The number of ether oxygens (including phenoxy) is 4. The van der Waals surface area contributed by atoms with Crippen molar-refractivity contribution in [2.75, 3.05) is 47.2 Å². The van der Waals surface area contributed by atoms with Crippen LogP contribution in [-0.2, 0) is 28.5 Å². The van der Waals surface area contributed by atoms with Crippen molar-refractivity contribution < 1.29 is 38.1 Å². The number of benzene rings is 3. The molecular weight excluding hydrogens is 877 g/mol. The quantitative estimate of drug-likeness (QED) is 0.0842. The lowest BCUT2D eigenvalue weighted by Gasteiger charge is -2.39. The Balaban J connectivity index is 0.829. The first-order valence-electron chi connectivity index (χ1n) is 24.7. The van der Waals surface area contributed by atoms with Crippen molar-refractivity contribution in [2.24, 2.45) is 23.2 Å². The SMILES string of the molecule is COC(=O)N[C@H](C(=O)N(CC1(C)CC1)[C@@H](C)c1ncc(-c2ccc3cc(-c4ccc(-c5cnc([C@@H]6[C@H]7CC[C@H](C7)N6C(=O)[C@@H](NC(=O)OC)C6CCOCC6)[nH]5)cc4)ccc3c2)[nH]1)C1CCOCC1. The Morgan fingerprint density at radius 3 is 1.96 bits per heavy atom. The van der Waals surface area contributed by atoms with E-state index in [1.165, 1.54) is 14.2 Å². The van der Waals surface area contributed by atoms with Crippen LogP contribution in [0.4, 0.5) is 9.59 Å². The molecule has 5 aromatic rings. The normalized spacial score (nSPS) is 22.4. The summed E-state index contributed by atoms with van der Waals surface area (Å²) in [6, 6.07) is 19.4. The van der Waals surface area contributed by atoms with Gasteiger partial charge in [0.05, 0.1) is 50.1 Å². The number of aromatic amines is 2. The van der Waals surface area contributed by atoms with Gasteiger partial charge in [-0.3, -0.25) is 9.59 Å². The van der Waals surface area contributed by atoms with Crippen LogP contribution < -0.4 is 10.6 Å². The highest BCUT2D eigenvalue weighted by Gasteiger charge is 2.52. The number of methoxy groups -OCH3 is 2. The van der Waals surface area contributed by atoms with Crippen molar-refractivity contribution in [3.05, 3.63) is 84.7 Å². The summed E-state index contributed by atoms with van der Waals surface area (Å²) in [5, 5.41) is 7.93. The number of fused-ring (bicyclic) bond motifs is 3. The zero-order valence-electron chi connectivity index (χ0n) is 40.0. The molecule has 3 aromatic carbocycles. The molecule has 10 rings (SSSR count). The number of nitrogens with one attached hydrogen (secondary N) is 4. The molecule has 2 saturated carbocycles. The third-order valence-electron chi connectivity index (χ3n) is 15.7. The van der Waals surface area contributed by atoms with E-state index in [0.29, 0.717) is 70.4 Å². The Bertz CT molecular complexity index is 2670. The second-order valence-electron chi connectivity index (χ2n) is 20.2. The number of nitrogens with zero attached hydrogens (tertiary/aromatic N) is 4. The zero-order valence-corrected chi connectivity index (χ0v) is 40.0. The van der Waals surface area contributed by atoms with Gasteiger partial charge < -0.3 is 49.3 Å². The maximum atomic E-state index is 14.5. The predicted molar refractivity (Wildman–Crippen MR) is 258 cm³/mol. The molecule has 0 unspecified atom stereocenters. The molecule has 6 atom stereocenters. The number of aromatic nitrogens is 4. The van der Waals surface area contributed by atoms with E-state index >= 15 is 0 Å². The molecule has 3 aliphatic heterocycles. The van der Waals surface area contributed by atoms with Gasteiger partial charge in [0, 0.05) is 44.6 Å². The number of hydrogen-bond acceptors (Lipinski definition) is 10. The highest BCUT2D eigenvalue weighted by atomic mass is 16.5. The number of hydrogen-bond donors (Lipinski definition) is 4. The fourth-order valence-corrected chi connectivity index (χ4v) is 11.3. The first-order chi connectivity index (χ1) is 33.5. The van der Waals surface area contributed by atoms with Gasteiger partial charge in [-0.15, -0.1) is 0 Å². The van der Waals surface area contributed by atoms with Gasteiger partial charge in [-0.1, -0.05) is 55.5 Å². The van der Waals surface area contributed by atoms with Crippen molar-refractivity contribution in [1.82, 2.24) is 40.4 Å². The van der Waals surface area contributed by atoms with Crippen LogP contribution in [0, 0.1) is 23.2 Å². The summed E-state index contributed by atoms with van der Waals surface area (Å²) >= 11 is 0. The molecule has 364 valence electrons. The number of carbonyl (C=O) groups is 4. The van der Waals surface area contributed by atoms with Gasteiger partial charge >= 0.3 is 12.2 Å². The molecule has 0 spiro atoms. The van der Waals surface area contributed by atoms with E-state index in [-0.39, 0.29) is 47.2 Å². The maximum absolute atomic E-state index is 14.5. The first kappa shape index (κ1) is 46.5. The number of H-pyrrole nitrogens is 2. The monoisotopic (exact) mass is 940 g/mol. The van der Waals surface area contributed by atoms with Crippen LogP contribution >= 0.6 is 0 Å². The zero-order chi connectivity index (χ0) is 47.8. The number of alkyl carbamates (subject to hydrolysis) is 2. The summed E-state index contributed by atoms with van der Waals surface area (Å²) in [6.07, 6.45) is 10.2. The summed E-state index contributed by atoms with van der Waals surface area (Å²) in [5.41, 5.74) is 5.92. The van der Waals surface area contributed by atoms with Crippen molar-refractivity contribution in [3.8, 4) is 33.6 Å². The fraction of sp³-hybridized carbons (Fsp3) is 0.509. The molecule has 5 fully saturated rings. The average molecular weight is 941 g/mol. The molecule has 16 heteroatoms. The number of carbonyl (C=O) groups excluding carboxylic acids is 4. The molecule has 69 heavy (non-hydrogen) atoms. The van der Waals surface area contributed by atoms with Gasteiger partial charge in [0.1, 0.15) is 23.7 Å². The Labute approximate surface area is 402 Å². The average Bonchev–Trinajstić information content (AvgIpc) is 3.96. The molecule has 4 amide bonds. The molecule has 2 bridgehead atoms. The molecule has 16 nitrogen and oxygen atoms in total. The smallest absolute Gasteiger partial charge is 0.407 e. The number of amides is 4. The summed E-state index contributed by atoms with van der Waals surface area (Å²) in [6.45, 7) is 7.00. The van der Waals surface area contributed by atoms with Crippen LogP contribution in [0.3, 0.4) is 0 Å². The van der Waals surface area contributed by atoms with Crippen LogP contribution in [0.25, 0.3) is 44.4 Å². The highest BCUT2D eigenvalue weighted by molar-refractivity contribution is 5.91. The van der Waals surface area contributed by atoms with Gasteiger partial charge in [-0.25, -0.2) is 19.6 Å². The minimum atomic E-state index is -0.724. The van der Waals surface area contributed by atoms with Gasteiger partial charge in [-0.05, 0) is 127 Å². The first-order valence-corrected chi connectivity index (χ1v) is 24.7. The summed E-state index contributed by atoms with van der Waals surface area (Å²) in [4.78, 5) is 74.5. The number of likely N-dealkylation sites (tertiary alicyclic amines) is 1. The van der Waals surface area contributed by atoms with E-state index < -0.39 is 24.3 Å². The second kappa shape index (κ2) is 19.6. The lowest BCUT2D eigenvalue weighted by atomic mass is 9.89. The number of imidazole rings is 2. The molecule has 4 N–H and O–H groups in total. The minimum absolute atomic E-state index is 0.0268. The lowest BCUT2D eigenvalue weighted by molar-refractivity contribution is -0.140. The molecule has 2 aliphatic carbocycles. The highest BCUT2D eigenvalue weighted by Crippen LogP contribution is 2.51. The van der Waals surface area contributed by atoms with Gasteiger partial charge in [0.25, 0.3) is 0 Å². The van der Waals surface area contributed by atoms with Crippen molar-refractivity contribution >= 4 is 34.8 Å². The van der Waals surface area contributed by atoms with E-state index in [0.717, 1.165) is 82.3 Å². The van der Waals surface area contributed by atoms with Gasteiger partial charge in [0.2, 0.25) is 11.8 Å². The predicted octanol–water partition coefficient (Wildman–Crippen LogP) is 8.33. The van der Waals surface area contributed by atoms with E-state index in [9.17, 15) is 19.2 Å². The van der Waals surface area contributed by atoms with Crippen LogP contribution in [0.1, 0.15) is 95.4 Å². The van der Waals surface area contributed by atoms with Crippen molar-refractivity contribution in [2.45, 2.75) is 102 Å². The van der Waals surface area contributed by atoms with E-state index in [4.69, 9.17) is 28.9 Å². The van der Waals surface area contributed by atoms with E-state index in [1.54, 1.807) is 0 Å². The Morgan fingerprint density at radius 1 is 0.739 bits per heavy atom. The van der Waals surface area contributed by atoms with Gasteiger partial charge in [-0.2, -0.15) is 0 Å². The summed E-state index contributed by atoms with van der Waals surface area (Å²) < 4.78 is 21.1. The van der Waals surface area contributed by atoms with E-state index in [2.05, 4.69) is 88.2 Å². The maximum Gasteiger partial charge on any atom is 0.407 e. The second-order valence-corrected chi connectivity index (χ2v) is 20.2. The Morgan fingerprint density at radius 2 is 1.30 bits per heavy atom. The van der Waals surface area contributed by atoms with Crippen molar-refractivity contribution in [1.29, 1.82) is 0 Å². The van der Waals surface area contributed by atoms with Gasteiger partial charge in [0.15, 0.2) is 0 Å². The molecular formula is C53H64N8O8. The molecule has 2 aromatic heterocycles. The summed E-state index contributed by atoms with van der Waals surface area (Å²) in [7, 11) is 2.65. The topological polar surface area (TPSA) is 193 Å². The third-order valence-corrected chi connectivity index (χ3v) is 15.7. The number of rotatable bonds is 14. The van der Waals surface area contributed by atoms with E-state index in [1.807, 2.05) is 29.1 Å². The number of piperidine rings is 1. The molecule has 0 radical (unpaired) electrons. The van der Waals surface area contributed by atoms with Crippen LogP contribution in [0.2, 0.25) is 0 Å². The molecule has 3 saturated heterocycles. The molecule has 5 heterocycles.